The fraction of sp³-hybridized carbons (Fsp3) is 0.179. The monoisotopic (exact) mass is 532 g/mol. The minimum Gasteiger partial charge on any atom is -0.489 e. The minimum atomic E-state index is -0.697. The van der Waals surface area contributed by atoms with Gasteiger partial charge in [-0.05, 0) is 54.4 Å². The lowest BCUT2D eigenvalue weighted by molar-refractivity contribution is -0.122. The van der Waals surface area contributed by atoms with E-state index in [9.17, 15) is 18.8 Å². The number of aromatic nitrogens is 1. The van der Waals surface area contributed by atoms with E-state index in [1.807, 2.05) is 49.4 Å². The molecule has 0 radical (unpaired) electrons. The van der Waals surface area contributed by atoms with E-state index in [1.165, 1.54) is 36.0 Å². The van der Waals surface area contributed by atoms with E-state index in [4.69, 9.17) is 4.74 Å². The van der Waals surface area contributed by atoms with Crippen molar-refractivity contribution in [2.45, 2.75) is 29.7 Å². The van der Waals surface area contributed by atoms with Crippen LogP contribution in [0.25, 0.3) is 0 Å². The van der Waals surface area contributed by atoms with Gasteiger partial charge in [-0.3, -0.25) is 14.4 Å². The van der Waals surface area contributed by atoms with Crippen LogP contribution in [0.2, 0.25) is 0 Å². The van der Waals surface area contributed by atoms with Crippen LogP contribution < -0.4 is 14.5 Å². The van der Waals surface area contributed by atoms with Crippen LogP contribution in [0.15, 0.2) is 82.6 Å². The number of nitrogens with one attached hydrogen (secondary N) is 1. The summed E-state index contributed by atoms with van der Waals surface area (Å²) in [5.74, 6) is -1.66. The van der Waals surface area contributed by atoms with E-state index in [2.05, 4.69) is 11.1 Å². The second-order valence-electron chi connectivity index (χ2n) is 9.08. The predicted octanol–water partition coefficient (Wildman–Crippen LogP) is 5.26. The van der Waals surface area contributed by atoms with Crippen LogP contribution in [0.3, 0.4) is 0 Å². The van der Waals surface area contributed by atoms with Crippen LogP contribution in [0.1, 0.15) is 27.5 Å². The van der Waals surface area contributed by atoms with Crippen molar-refractivity contribution < 1.29 is 18.7 Å². The molecule has 4 aromatic rings. The first kappa shape index (κ1) is 23.7. The van der Waals surface area contributed by atoms with Crippen LogP contribution in [0.4, 0.5) is 10.1 Å². The number of nitrogens with zero attached hydrogens (tertiary/aromatic N) is 1. The number of imide groups is 1. The molecule has 6 rings (SSSR count). The molecule has 3 heterocycles. The molecule has 3 unspecified atom stereocenters. The fourth-order valence-corrected chi connectivity index (χ4v) is 7.48. The van der Waals surface area contributed by atoms with Gasteiger partial charge in [0.15, 0.2) is 0 Å². The van der Waals surface area contributed by atoms with Crippen LogP contribution in [0.5, 0.6) is 5.75 Å². The highest BCUT2D eigenvalue weighted by atomic mass is 32.2. The molecular formula is C28H21FN2O4S2. The molecule has 2 aliphatic rings. The summed E-state index contributed by atoms with van der Waals surface area (Å²) in [6.07, 6.45) is 0. The lowest BCUT2D eigenvalue weighted by atomic mass is 9.83. The van der Waals surface area contributed by atoms with Gasteiger partial charge in [-0.1, -0.05) is 65.1 Å². The molecule has 1 saturated heterocycles. The molecule has 2 amide bonds. The number of H-pyrrole nitrogens is 1. The van der Waals surface area contributed by atoms with E-state index < -0.39 is 22.9 Å². The van der Waals surface area contributed by atoms with Gasteiger partial charge in [-0.25, -0.2) is 9.29 Å². The number of amides is 2. The summed E-state index contributed by atoms with van der Waals surface area (Å²) in [6.45, 7) is 2.46. The molecule has 1 aromatic heterocycles. The molecular weight excluding hydrogens is 511 g/mol. The maximum Gasteiger partial charge on any atom is 0.305 e. The van der Waals surface area contributed by atoms with Gasteiger partial charge >= 0.3 is 4.87 Å². The highest BCUT2D eigenvalue weighted by molar-refractivity contribution is 8.00. The largest absolute Gasteiger partial charge is 0.489 e. The number of hydrogen-bond acceptors (Lipinski definition) is 6. The Labute approximate surface area is 220 Å². The van der Waals surface area contributed by atoms with E-state index in [-0.39, 0.29) is 16.7 Å². The standard InChI is InChI=1S/C28H21FN2O4S2/c1-15-3-2-4-16(13-15)14-35-20-11-5-17(6-12-20)21-22-24(36-25-23(21)37-28(34)30-25)27(33)31(26(22)32)19-9-7-18(29)8-10-19/h2-13,21-22,24H,14H2,1H3,(H,30,34). The number of anilines is 1. The van der Waals surface area contributed by atoms with Gasteiger partial charge in [-0.15, -0.1) is 0 Å². The number of halogens is 1. The van der Waals surface area contributed by atoms with Gasteiger partial charge in [0.1, 0.15) is 23.4 Å². The van der Waals surface area contributed by atoms with E-state index >= 15 is 0 Å². The van der Waals surface area contributed by atoms with Crippen molar-refractivity contribution >= 4 is 40.6 Å². The minimum absolute atomic E-state index is 0.226. The Bertz CT molecular complexity index is 1560. The third kappa shape index (κ3) is 4.28. The molecule has 0 bridgehead atoms. The quantitative estimate of drug-likeness (QED) is 0.355. The zero-order valence-electron chi connectivity index (χ0n) is 19.6. The summed E-state index contributed by atoms with van der Waals surface area (Å²) in [5, 5.41) is -0.0827. The van der Waals surface area contributed by atoms with Gasteiger partial charge in [0, 0.05) is 10.8 Å². The second-order valence-corrected chi connectivity index (χ2v) is 11.3. The summed E-state index contributed by atoms with van der Waals surface area (Å²) < 4.78 is 19.4. The topological polar surface area (TPSA) is 79.5 Å². The van der Waals surface area contributed by atoms with Crippen LogP contribution in [0, 0.1) is 18.7 Å². The van der Waals surface area contributed by atoms with Gasteiger partial charge in [0.2, 0.25) is 11.8 Å². The maximum absolute atomic E-state index is 13.7. The Morgan fingerprint density at radius 3 is 2.46 bits per heavy atom. The number of thiazole rings is 1. The highest BCUT2D eigenvalue weighted by Gasteiger charge is 2.56. The van der Waals surface area contributed by atoms with Crippen molar-refractivity contribution in [3.63, 3.8) is 0 Å². The van der Waals surface area contributed by atoms with Crippen molar-refractivity contribution in [3.8, 4) is 5.75 Å². The molecule has 6 nitrogen and oxygen atoms in total. The Kier molecular flexibility index (Phi) is 5.97. The van der Waals surface area contributed by atoms with Crippen molar-refractivity contribution in [3.05, 3.63) is 110 Å². The molecule has 1 N–H and O–H groups in total. The zero-order chi connectivity index (χ0) is 25.7. The van der Waals surface area contributed by atoms with Gasteiger partial charge in [0.25, 0.3) is 0 Å². The lowest BCUT2D eigenvalue weighted by Crippen LogP contribution is -2.32. The zero-order valence-corrected chi connectivity index (χ0v) is 21.3. The molecule has 9 heteroatoms. The lowest BCUT2D eigenvalue weighted by Gasteiger charge is -2.29. The number of carbonyl (C=O) groups excluding carboxylic acids is 2. The van der Waals surface area contributed by atoms with Gasteiger partial charge in [0.05, 0.1) is 16.6 Å². The average Bonchev–Trinajstić information content (AvgIpc) is 3.38. The first-order valence-electron chi connectivity index (χ1n) is 11.7. The number of aryl methyl sites for hydroxylation is 1. The summed E-state index contributed by atoms with van der Waals surface area (Å²) in [6, 6.07) is 20.9. The number of aromatic amines is 1. The molecule has 186 valence electrons. The SMILES string of the molecule is Cc1cccc(COc2ccc(C3c4sc(=O)[nH]c4SC4C(=O)N(c5ccc(F)cc5)C(=O)C43)cc2)c1. The molecule has 1 fully saturated rings. The molecule has 0 saturated carbocycles. The van der Waals surface area contributed by atoms with E-state index in [0.29, 0.717) is 23.1 Å². The van der Waals surface area contributed by atoms with Gasteiger partial charge in [-0.2, -0.15) is 0 Å². The van der Waals surface area contributed by atoms with E-state index in [0.717, 1.165) is 37.8 Å². The summed E-state index contributed by atoms with van der Waals surface area (Å²) in [4.78, 5) is 43.8. The maximum atomic E-state index is 13.7. The Hall–Kier alpha value is -3.69. The number of ether oxygens (including phenoxy) is 1. The molecule has 2 aliphatic heterocycles. The van der Waals surface area contributed by atoms with Crippen molar-refractivity contribution in [1.82, 2.24) is 4.98 Å². The number of rotatable bonds is 5. The molecule has 3 atom stereocenters. The Morgan fingerprint density at radius 1 is 0.973 bits per heavy atom. The second kappa shape index (κ2) is 9.32. The highest BCUT2D eigenvalue weighted by Crippen LogP contribution is 2.53. The first-order chi connectivity index (χ1) is 17.9. The van der Waals surface area contributed by atoms with E-state index in [1.54, 1.807) is 0 Å². The third-order valence-electron chi connectivity index (χ3n) is 6.64. The average molecular weight is 533 g/mol. The van der Waals surface area contributed by atoms with Gasteiger partial charge < -0.3 is 9.72 Å². The number of thioether (sulfide) groups is 1. The molecule has 3 aromatic carbocycles. The van der Waals surface area contributed by atoms with Crippen LogP contribution >= 0.6 is 23.1 Å². The van der Waals surface area contributed by atoms with Crippen molar-refractivity contribution in [2.24, 2.45) is 5.92 Å². The van der Waals surface area contributed by atoms with Crippen LogP contribution in [-0.2, 0) is 16.2 Å². The summed E-state index contributed by atoms with van der Waals surface area (Å²) >= 11 is 2.28. The predicted molar refractivity (Wildman–Crippen MR) is 141 cm³/mol. The fourth-order valence-electron chi connectivity index (χ4n) is 4.96. The summed E-state index contributed by atoms with van der Waals surface area (Å²) in [5.41, 5.74) is 3.38. The molecule has 0 aliphatic carbocycles. The Morgan fingerprint density at radius 2 is 1.73 bits per heavy atom. The van der Waals surface area contributed by atoms with Crippen molar-refractivity contribution in [2.75, 3.05) is 4.90 Å². The van der Waals surface area contributed by atoms with Crippen LogP contribution in [-0.4, -0.2) is 22.0 Å². The molecule has 37 heavy (non-hydrogen) atoms. The number of hydrogen-bond donors (Lipinski definition) is 1. The number of carbonyl (C=O) groups is 2. The third-order valence-corrected chi connectivity index (χ3v) is 9.04. The molecule has 0 spiro atoms. The Balaban J connectivity index is 1.32. The number of benzene rings is 3. The summed E-state index contributed by atoms with van der Waals surface area (Å²) in [7, 11) is 0. The first-order valence-corrected chi connectivity index (χ1v) is 13.4. The van der Waals surface area contributed by atoms with Crippen molar-refractivity contribution in [1.29, 1.82) is 0 Å². The normalized spacial score (nSPS) is 20.6. The number of fused-ring (bicyclic) bond motifs is 2. The smallest absolute Gasteiger partial charge is 0.305 e.